The van der Waals surface area contributed by atoms with Gasteiger partial charge in [0, 0.05) is 25.9 Å². The molecule has 1 heterocycles. The number of hydrogen-bond donors (Lipinski definition) is 0. The van der Waals surface area contributed by atoms with Gasteiger partial charge in [-0.05, 0) is 24.3 Å². The maximum absolute atomic E-state index is 12.0. The third-order valence-corrected chi connectivity index (χ3v) is 2.89. The van der Waals surface area contributed by atoms with Crippen LogP contribution >= 0.6 is 0 Å². The number of alkyl halides is 3. The molecule has 0 aromatic heterocycles. The highest BCUT2D eigenvalue weighted by molar-refractivity contribution is 5.31. The minimum Gasteiger partial charge on any atom is -0.490 e. The quantitative estimate of drug-likeness (QED) is 0.799. The molecule has 110 valence electrons. The van der Waals surface area contributed by atoms with Crippen LogP contribution in [0.25, 0.3) is 0 Å². The second-order valence-corrected chi connectivity index (χ2v) is 4.37. The average Bonchev–Trinajstić information content (AvgIpc) is 2.40. The maximum Gasteiger partial charge on any atom is 0.573 e. The molecule has 0 radical (unpaired) electrons. The number of rotatable bonds is 4. The SMILES string of the molecule is O=NN1CCC(Oc2ccc(OC(F)(F)F)cc2)CC1. The van der Waals surface area contributed by atoms with E-state index in [2.05, 4.69) is 10.0 Å². The lowest BCUT2D eigenvalue weighted by molar-refractivity contribution is -0.274. The molecule has 20 heavy (non-hydrogen) atoms. The predicted octanol–water partition coefficient (Wildman–Crippen LogP) is 3.11. The average molecular weight is 290 g/mol. The number of ether oxygens (including phenoxy) is 2. The summed E-state index contributed by atoms with van der Waals surface area (Å²) in [5.74, 6) is 0.182. The molecule has 1 aromatic rings. The lowest BCUT2D eigenvalue weighted by Crippen LogP contribution is -2.34. The van der Waals surface area contributed by atoms with Gasteiger partial charge in [0.25, 0.3) is 0 Å². The van der Waals surface area contributed by atoms with E-state index in [1.54, 1.807) is 0 Å². The van der Waals surface area contributed by atoms with Crippen molar-refractivity contribution in [3.05, 3.63) is 29.2 Å². The Kier molecular flexibility index (Phi) is 4.31. The molecule has 0 saturated carbocycles. The van der Waals surface area contributed by atoms with E-state index in [1.807, 2.05) is 0 Å². The number of nitrogens with zero attached hydrogens (tertiary/aromatic N) is 2. The standard InChI is InChI=1S/C12H13F3N2O3/c13-12(14,15)20-11-3-1-9(2-4-11)19-10-5-7-17(16-18)8-6-10/h1-4,10H,5-8H2. The lowest BCUT2D eigenvalue weighted by Gasteiger charge is -2.28. The van der Waals surface area contributed by atoms with Gasteiger partial charge < -0.3 is 9.47 Å². The molecule has 0 spiro atoms. The first-order chi connectivity index (χ1) is 9.46. The van der Waals surface area contributed by atoms with Gasteiger partial charge in [0.2, 0.25) is 0 Å². The molecule has 1 aliphatic rings. The van der Waals surface area contributed by atoms with Crippen LogP contribution in [0, 0.1) is 4.91 Å². The van der Waals surface area contributed by atoms with Crippen molar-refractivity contribution in [2.45, 2.75) is 25.3 Å². The van der Waals surface area contributed by atoms with Crippen molar-refractivity contribution in [1.29, 1.82) is 0 Å². The minimum atomic E-state index is -4.70. The van der Waals surface area contributed by atoms with E-state index in [-0.39, 0.29) is 11.9 Å². The highest BCUT2D eigenvalue weighted by Gasteiger charge is 2.31. The first kappa shape index (κ1) is 14.4. The molecule has 0 atom stereocenters. The summed E-state index contributed by atoms with van der Waals surface area (Å²) >= 11 is 0. The first-order valence-corrected chi connectivity index (χ1v) is 6.07. The third-order valence-electron chi connectivity index (χ3n) is 2.89. The zero-order valence-electron chi connectivity index (χ0n) is 10.5. The van der Waals surface area contributed by atoms with E-state index in [1.165, 1.54) is 29.3 Å². The summed E-state index contributed by atoms with van der Waals surface area (Å²) in [5.41, 5.74) is 0. The molecule has 0 aliphatic carbocycles. The summed E-state index contributed by atoms with van der Waals surface area (Å²) < 4.78 is 45.4. The largest absolute Gasteiger partial charge is 0.573 e. The van der Waals surface area contributed by atoms with Crippen molar-refractivity contribution in [2.75, 3.05) is 13.1 Å². The summed E-state index contributed by atoms with van der Waals surface area (Å²) in [6, 6.07) is 5.24. The fraction of sp³-hybridized carbons (Fsp3) is 0.500. The van der Waals surface area contributed by atoms with E-state index in [4.69, 9.17) is 4.74 Å². The monoisotopic (exact) mass is 290 g/mol. The zero-order chi connectivity index (χ0) is 14.6. The van der Waals surface area contributed by atoms with Gasteiger partial charge in [0.1, 0.15) is 17.6 Å². The van der Waals surface area contributed by atoms with Gasteiger partial charge in [-0.2, -0.15) is 0 Å². The summed E-state index contributed by atoms with van der Waals surface area (Å²) in [7, 11) is 0. The zero-order valence-corrected chi connectivity index (χ0v) is 10.5. The van der Waals surface area contributed by atoms with Gasteiger partial charge in [-0.1, -0.05) is 0 Å². The van der Waals surface area contributed by atoms with E-state index in [0.717, 1.165) is 0 Å². The van der Waals surface area contributed by atoms with Crippen molar-refractivity contribution < 1.29 is 22.6 Å². The first-order valence-electron chi connectivity index (χ1n) is 6.07. The van der Waals surface area contributed by atoms with E-state index in [9.17, 15) is 18.1 Å². The smallest absolute Gasteiger partial charge is 0.490 e. The molecule has 0 bridgehead atoms. The number of nitroso groups, excluding NO2 is 1. The fourth-order valence-electron chi connectivity index (χ4n) is 1.95. The van der Waals surface area contributed by atoms with Gasteiger partial charge in [-0.15, -0.1) is 18.1 Å². The Hall–Kier alpha value is -1.99. The van der Waals surface area contributed by atoms with Crippen LogP contribution in [0.1, 0.15) is 12.8 Å². The summed E-state index contributed by atoms with van der Waals surface area (Å²) in [6.45, 7) is 1.03. The number of halogens is 3. The maximum atomic E-state index is 12.0. The molecule has 1 aliphatic heterocycles. The van der Waals surface area contributed by atoms with Crippen LogP contribution in [0.4, 0.5) is 13.2 Å². The molecule has 0 amide bonds. The second-order valence-electron chi connectivity index (χ2n) is 4.37. The summed E-state index contributed by atoms with van der Waals surface area (Å²) in [6.07, 6.45) is -3.47. The number of piperidine rings is 1. The molecule has 5 nitrogen and oxygen atoms in total. The molecular formula is C12H13F3N2O3. The Morgan fingerprint density at radius 2 is 1.65 bits per heavy atom. The molecule has 1 saturated heterocycles. The van der Waals surface area contributed by atoms with Crippen LogP contribution in [0.15, 0.2) is 29.6 Å². The number of hydrogen-bond acceptors (Lipinski definition) is 4. The van der Waals surface area contributed by atoms with Crippen molar-refractivity contribution in [3.8, 4) is 11.5 Å². The van der Waals surface area contributed by atoms with Crippen LogP contribution in [0.3, 0.4) is 0 Å². The van der Waals surface area contributed by atoms with Crippen LogP contribution in [0.5, 0.6) is 11.5 Å². The van der Waals surface area contributed by atoms with Gasteiger partial charge in [-0.25, -0.2) is 0 Å². The van der Waals surface area contributed by atoms with Crippen LogP contribution in [-0.4, -0.2) is 30.6 Å². The predicted molar refractivity (Wildman–Crippen MR) is 64.1 cm³/mol. The summed E-state index contributed by atoms with van der Waals surface area (Å²) in [5, 5.41) is 4.26. The molecule has 0 N–H and O–H groups in total. The van der Waals surface area contributed by atoms with Crippen molar-refractivity contribution in [1.82, 2.24) is 5.01 Å². The molecule has 1 fully saturated rings. The van der Waals surface area contributed by atoms with E-state index in [0.29, 0.717) is 31.7 Å². The minimum absolute atomic E-state index is 0.0672. The van der Waals surface area contributed by atoms with Gasteiger partial charge in [-0.3, -0.25) is 5.01 Å². The summed E-state index contributed by atoms with van der Waals surface area (Å²) in [4.78, 5) is 10.3. The van der Waals surface area contributed by atoms with Crippen LogP contribution in [-0.2, 0) is 0 Å². The highest BCUT2D eigenvalue weighted by Crippen LogP contribution is 2.26. The fourth-order valence-corrected chi connectivity index (χ4v) is 1.95. The van der Waals surface area contributed by atoms with Crippen LogP contribution in [0.2, 0.25) is 0 Å². The Labute approximate surface area is 113 Å². The Morgan fingerprint density at radius 3 is 2.15 bits per heavy atom. The van der Waals surface area contributed by atoms with Crippen molar-refractivity contribution in [2.24, 2.45) is 5.29 Å². The topological polar surface area (TPSA) is 51.1 Å². The van der Waals surface area contributed by atoms with Crippen LogP contribution < -0.4 is 9.47 Å². The van der Waals surface area contributed by atoms with Gasteiger partial charge in [0.05, 0.1) is 5.29 Å². The molecule has 0 unspecified atom stereocenters. The lowest BCUT2D eigenvalue weighted by atomic mass is 10.1. The van der Waals surface area contributed by atoms with E-state index < -0.39 is 6.36 Å². The molecule has 2 rings (SSSR count). The van der Waals surface area contributed by atoms with Gasteiger partial charge >= 0.3 is 6.36 Å². The highest BCUT2D eigenvalue weighted by atomic mass is 19.4. The molecular weight excluding hydrogens is 277 g/mol. The molecule has 1 aromatic carbocycles. The Morgan fingerprint density at radius 1 is 1.10 bits per heavy atom. The van der Waals surface area contributed by atoms with Crippen molar-refractivity contribution in [3.63, 3.8) is 0 Å². The van der Waals surface area contributed by atoms with E-state index >= 15 is 0 Å². The Bertz CT molecular complexity index is 442. The molecule has 8 heteroatoms. The Balaban J connectivity index is 1.86. The number of benzene rings is 1. The van der Waals surface area contributed by atoms with Gasteiger partial charge in [0.15, 0.2) is 0 Å². The second kappa shape index (κ2) is 5.98. The normalized spacial score (nSPS) is 16.9. The van der Waals surface area contributed by atoms with Crippen molar-refractivity contribution >= 4 is 0 Å². The third kappa shape index (κ3) is 4.29.